The SMILES string of the molecule is CCCn1c(=O)c2ccc(C(=O)N[C@H](C)CC)cc2n2c(SCc3c(F)cccc3Cl)nnc12. The van der Waals surface area contributed by atoms with Crippen LogP contribution in [0.1, 0.15) is 49.5 Å². The van der Waals surface area contributed by atoms with Gasteiger partial charge in [-0.3, -0.25) is 18.6 Å². The maximum Gasteiger partial charge on any atom is 0.262 e. The Hall–Kier alpha value is -2.91. The van der Waals surface area contributed by atoms with Crippen LogP contribution in [0.4, 0.5) is 4.39 Å². The van der Waals surface area contributed by atoms with E-state index in [1.165, 1.54) is 17.8 Å². The van der Waals surface area contributed by atoms with Crippen LogP contribution in [-0.2, 0) is 12.3 Å². The molecule has 7 nitrogen and oxygen atoms in total. The van der Waals surface area contributed by atoms with Crippen LogP contribution in [0.15, 0.2) is 46.3 Å². The zero-order chi connectivity index (χ0) is 24.4. The fourth-order valence-electron chi connectivity index (χ4n) is 3.66. The number of hydrogen-bond donors (Lipinski definition) is 1. The molecule has 0 saturated heterocycles. The molecule has 0 aliphatic rings. The highest BCUT2D eigenvalue weighted by molar-refractivity contribution is 7.98. The summed E-state index contributed by atoms with van der Waals surface area (Å²) >= 11 is 7.46. The van der Waals surface area contributed by atoms with Crippen molar-refractivity contribution in [3.05, 3.63) is 68.7 Å². The third-order valence-electron chi connectivity index (χ3n) is 5.68. The Labute approximate surface area is 205 Å². The van der Waals surface area contributed by atoms with Crippen LogP contribution >= 0.6 is 23.4 Å². The van der Waals surface area contributed by atoms with E-state index in [0.717, 1.165) is 12.8 Å². The fraction of sp³-hybridized carbons (Fsp3) is 0.333. The maximum atomic E-state index is 14.3. The summed E-state index contributed by atoms with van der Waals surface area (Å²) in [5, 5.41) is 12.8. The number of benzene rings is 2. The van der Waals surface area contributed by atoms with Crippen molar-refractivity contribution in [1.29, 1.82) is 0 Å². The van der Waals surface area contributed by atoms with E-state index in [1.54, 1.807) is 39.3 Å². The number of carbonyl (C=O) groups is 1. The largest absolute Gasteiger partial charge is 0.350 e. The molecule has 2 aromatic heterocycles. The van der Waals surface area contributed by atoms with E-state index < -0.39 is 5.82 Å². The average molecular weight is 502 g/mol. The second-order valence-electron chi connectivity index (χ2n) is 8.08. The minimum Gasteiger partial charge on any atom is -0.350 e. The van der Waals surface area contributed by atoms with Gasteiger partial charge in [0.15, 0.2) is 5.16 Å². The molecule has 0 fully saturated rings. The van der Waals surface area contributed by atoms with Crippen molar-refractivity contribution < 1.29 is 9.18 Å². The van der Waals surface area contributed by atoms with E-state index in [2.05, 4.69) is 15.5 Å². The third-order valence-corrected chi connectivity index (χ3v) is 6.99. The molecule has 2 aromatic carbocycles. The lowest BCUT2D eigenvalue weighted by Crippen LogP contribution is -2.32. The molecule has 1 N–H and O–H groups in total. The van der Waals surface area contributed by atoms with Crippen molar-refractivity contribution in [3.8, 4) is 0 Å². The quantitative estimate of drug-likeness (QED) is 0.341. The zero-order valence-electron chi connectivity index (χ0n) is 19.1. The van der Waals surface area contributed by atoms with E-state index in [1.807, 2.05) is 20.8 Å². The lowest BCUT2D eigenvalue weighted by molar-refractivity contribution is 0.0939. The molecule has 34 heavy (non-hydrogen) atoms. The number of nitrogens with zero attached hydrogens (tertiary/aromatic N) is 4. The van der Waals surface area contributed by atoms with Gasteiger partial charge in [-0.2, -0.15) is 0 Å². The summed E-state index contributed by atoms with van der Waals surface area (Å²) in [4.78, 5) is 26.0. The summed E-state index contributed by atoms with van der Waals surface area (Å²) in [6.07, 6.45) is 1.53. The standard InChI is InChI=1S/C24H25ClFN5O2S/c1-4-11-30-22(33)16-10-9-15(21(32)27-14(3)5-2)12-20(16)31-23(30)28-29-24(31)34-13-17-18(25)7-6-8-19(17)26/h6-10,12,14H,4-5,11,13H2,1-3H3,(H,27,32)/t14-/m1/s1. The predicted molar refractivity (Wildman–Crippen MR) is 133 cm³/mol. The average Bonchev–Trinajstić information content (AvgIpc) is 3.25. The van der Waals surface area contributed by atoms with Gasteiger partial charge < -0.3 is 5.32 Å². The number of thioether (sulfide) groups is 1. The van der Waals surface area contributed by atoms with Crippen LogP contribution in [0.2, 0.25) is 5.02 Å². The number of halogens is 2. The maximum absolute atomic E-state index is 14.3. The van der Waals surface area contributed by atoms with Gasteiger partial charge in [-0.25, -0.2) is 4.39 Å². The van der Waals surface area contributed by atoms with Gasteiger partial charge in [0.25, 0.3) is 11.5 Å². The first kappa shape index (κ1) is 24.2. The van der Waals surface area contributed by atoms with E-state index >= 15 is 0 Å². The summed E-state index contributed by atoms with van der Waals surface area (Å²) in [7, 11) is 0. The third kappa shape index (κ3) is 4.54. The summed E-state index contributed by atoms with van der Waals surface area (Å²) in [5.74, 6) is -0.0105. The highest BCUT2D eigenvalue weighted by atomic mass is 35.5. The molecule has 0 bridgehead atoms. The van der Waals surface area contributed by atoms with Crippen molar-refractivity contribution in [1.82, 2.24) is 24.5 Å². The van der Waals surface area contributed by atoms with Crippen molar-refractivity contribution in [2.45, 2.75) is 57.1 Å². The minimum atomic E-state index is -0.398. The number of rotatable bonds is 8. The van der Waals surface area contributed by atoms with Gasteiger partial charge in [0.05, 0.1) is 10.9 Å². The number of aryl methyl sites for hydroxylation is 1. The Kier molecular flexibility index (Phi) is 7.23. The van der Waals surface area contributed by atoms with Crippen LogP contribution in [0.25, 0.3) is 16.7 Å². The van der Waals surface area contributed by atoms with Gasteiger partial charge in [0.2, 0.25) is 5.78 Å². The normalized spacial score (nSPS) is 12.4. The Balaban J connectivity index is 1.86. The number of amides is 1. The number of fused-ring (bicyclic) bond motifs is 3. The molecule has 4 aromatic rings. The van der Waals surface area contributed by atoms with Crippen molar-refractivity contribution >= 4 is 46.0 Å². The molecule has 0 radical (unpaired) electrons. The Morgan fingerprint density at radius 2 is 2.03 bits per heavy atom. The lowest BCUT2D eigenvalue weighted by atomic mass is 10.1. The van der Waals surface area contributed by atoms with Crippen molar-refractivity contribution in [3.63, 3.8) is 0 Å². The Bertz CT molecular complexity index is 1410. The molecule has 178 valence electrons. The van der Waals surface area contributed by atoms with Gasteiger partial charge in [0.1, 0.15) is 5.82 Å². The first-order valence-corrected chi connectivity index (χ1v) is 12.5. The van der Waals surface area contributed by atoms with Gasteiger partial charge in [-0.15, -0.1) is 10.2 Å². The number of aromatic nitrogens is 4. The zero-order valence-corrected chi connectivity index (χ0v) is 20.7. The molecule has 1 atom stereocenters. The monoisotopic (exact) mass is 501 g/mol. The highest BCUT2D eigenvalue weighted by Crippen LogP contribution is 2.29. The Morgan fingerprint density at radius 3 is 2.74 bits per heavy atom. The first-order valence-electron chi connectivity index (χ1n) is 11.1. The fourth-order valence-corrected chi connectivity index (χ4v) is 4.94. The molecule has 0 aliphatic carbocycles. The second kappa shape index (κ2) is 10.1. The molecule has 0 aliphatic heterocycles. The minimum absolute atomic E-state index is 0.0207. The van der Waals surface area contributed by atoms with Crippen LogP contribution in [0.5, 0.6) is 0 Å². The van der Waals surface area contributed by atoms with E-state index in [9.17, 15) is 14.0 Å². The highest BCUT2D eigenvalue weighted by Gasteiger charge is 2.19. The van der Waals surface area contributed by atoms with Crippen molar-refractivity contribution in [2.75, 3.05) is 0 Å². The first-order chi connectivity index (χ1) is 16.3. The molecule has 10 heteroatoms. The lowest BCUT2D eigenvalue weighted by Gasteiger charge is -2.14. The molecule has 4 rings (SSSR count). The molecular weight excluding hydrogens is 477 g/mol. The van der Waals surface area contributed by atoms with Crippen LogP contribution < -0.4 is 10.9 Å². The van der Waals surface area contributed by atoms with Crippen LogP contribution in [0, 0.1) is 5.82 Å². The number of nitrogens with one attached hydrogen (secondary N) is 1. The molecule has 2 heterocycles. The predicted octanol–water partition coefficient (Wildman–Crippen LogP) is 5.07. The summed E-state index contributed by atoms with van der Waals surface area (Å²) in [5.41, 5.74) is 1.13. The molecule has 0 spiro atoms. The van der Waals surface area contributed by atoms with Gasteiger partial charge in [-0.1, -0.05) is 43.3 Å². The smallest absolute Gasteiger partial charge is 0.262 e. The molecule has 1 amide bonds. The van der Waals surface area contributed by atoms with Gasteiger partial charge in [0, 0.05) is 34.5 Å². The number of hydrogen-bond acceptors (Lipinski definition) is 5. The summed E-state index contributed by atoms with van der Waals surface area (Å²) < 4.78 is 17.6. The number of carbonyl (C=O) groups excluding carboxylic acids is 1. The van der Waals surface area contributed by atoms with E-state index in [0.29, 0.717) is 44.5 Å². The van der Waals surface area contributed by atoms with Crippen LogP contribution in [0.3, 0.4) is 0 Å². The molecular formula is C24H25ClFN5O2S. The van der Waals surface area contributed by atoms with Crippen molar-refractivity contribution in [2.24, 2.45) is 0 Å². The van der Waals surface area contributed by atoms with E-state index in [-0.39, 0.29) is 23.3 Å². The second-order valence-corrected chi connectivity index (χ2v) is 9.43. The molecule has 0 saturated carbocycles. The topological polar surface area (TPSA) is 81.3 Å². The Morgan fingerprint density at radius 1 is 1.24 bits per heavy atom. The summed E-state index contributed by atoms with van der Waals surface area (Å²) in [6, 6.07) is 9.57. The van der Waals surface area contributed by atoms with Gasteiger partial charge >= 0.3 is 0 Å². The molecule has 0 unspecified atom stereocenters. The van der Waals surface area contributed by atoms with E-state index in [4.69, 9.17) is 11.6 Å². The van der Waals surface area contributed by atoms with Gasteiger partial charge in [-0.05, 0) is 50.1 Å². The van der Waals surface area contributed by atoms with Crippen LogP contribution in [-0.4, -0.2) is 31.1 Å². The summed E-state index contributed by atoms with van der Waals surface area (Å²) in [6.45, 7) is 6.37.